The predicted molar refractivity (Wildman–Crippen MR) is 60.2 cm³/mol. The summed E-state index contributed by atoms with van der Waals surface area (Å²) in [5, 5.41) is 9.14. The molecule has 0 aliphatic carbocycles. The molecule has 0 unspecified atom stereocenters. The van der Waals surface area contributed by atoms with Crippen molar-refractivity contribution in [1.29, 1.82) is 0 Å². The van der Waals surface area contributed by atoms with Crippen molar-refractivity contribution < 1.29 is 14.6 Å². The summed E-state index contributed by atoms with van der Waals surface area (Å²) in [7, 11) is 0. The lowest BCUT2D eigenvalue weighted by molar-refractivity contribution is -0.151. The van der Waals surface area contributed by atoms with E-state index in [-0.39, 0.29) is 6.10 Å². The second kappa shape index (κ2) is 4.66. The van der Waals surface area contributed by atoms with Crippen LogP contribution in [0.5, 0.6) is 0 Å². The van der Waals surface area contributed by atoms with Crippen LogP contribution in [-0.2, 0) is 9.53 Å². The number of carboxylic acid groups (broad SMARTS) is 1. The summed E-state index contributed by atoms with van der Waals surface area (Å²) >= 11 is 0. The molecule has 2 atom stereocenters. The molecule has 0 saturated carbocycles. The van der Waals surface area contributed by atoms with E-state index >= 15 is 0 Å². The van der Waals surface area contributed by atoms with Crippen LogP contribution in [0.1, 0.15) is 30.1 Å². The molecular weight excluding hydrogens is 204 g/mol. The number of aryl methyl sites for hydroxylation is 1. The molecule has 3 nitrogen and oxygen atoms in total. The number of hydrogen-bond acceptors (Lipinski definition) is 2. The maximum absolute atomic E-state index is 11.1. The first kappa shape index (κ1) is 11.1. The average molecular weight is 220 g/mol. The average Bonchev–Trinajstić information content (AvgIpc) is 2.30. The zero-order chi connectivity index (χ0) is 11.5. The summed E-state index contributed by atoms with van der Waals surface area (Å²) in [6, 6.07) is 7.90. The van der Waals surface area contributed by atoms with Crippen LogP contribution in [0.4, 0.5) is 0 Å². The quantitative estimate of drug-likeness (QED) is 0.833. The summed E-state index contributed by atoms with van der Waals surface area (Å²) in [6.07, 6.45) is 1.25. The van der Waals surface area contributed by atoms with Gasteiger partial charge in [-0.05, 0) is 25.3 Å². The molecule has 1 aliphatic heterocycles. The van der Waals surface area contributed by atoms with Crippen molar-refractivity contribution in [2.45, 2.75) is 25.9 Å². The number of carboxylic acids is 1. The van der Waals surface area contributed by atoms with E-state index in [9.17, 15) is 4.79 Å². The maximum atomic E-state index is 11.1. The fraction of sp³-hybridized carbons (Fsp3) is 0.462. The van der Waals surface area contributed by atoms with Gasteiger partial charge >= 0.3 is 5.97 Å². The molecule has 0 spiro atoms. The number of hydrogen-bond donors (Lipinski definition) is 1. The molecule has 1 fully saturated rings. The number of rotatable bonds is 2. The van der Waals surface area contributed by atoms with E-state index in [0.717, 1.165) is 12.0 Å². The van der Waals surface area contributed by atoms with Gasteiger partial charge in [0.1, 0.15) is 0 Å². The van der Waals surface area contributed by atoms with E-state index in [1.807, 2.05) is 31.2 Å². The SMILES string of the molecule is Cc1ccc([C@H]2OCCC[C@@H]2C(=O)O)cc1. The number of carbonyl (C=O) groups is 1. The molecule has 2 rings (SSSR count). The van der Waals surface area contributed by atoms with Crippen LogP contribution in [0, 0.1) is 12.8 Å². The standard InChI is InChI=1S/C13H16O3/c1-9-4-6-10(7-5-9)12-11(13(14)15)3-2-8-16-12/h4-7,11-12H,2-3,8H2,1H3,(H,14,15)/t11-,12+/m0/s1. The topological polar surface area (TPSA) is 46.5 Å². The summed E-state index contributed by atoms with van der Waals surface area (Å²) < 4.78 is 5.60. The van der Waals surface area contributed by atoms with Gasteiger partial charge in [0, 0.05) is 6.61 Å². The second-order valence-corrected chi connectivity index (χ2v) is 4.29. The van der Waals surface area contributed by atoms with Crippen LogP contribution in [0.15, 0.2) is 24.3 Å². The second-order valence-electron chi connectivity index (χ2n) is 4.29. The molecule has 1 heterocycles. The van der Waals surface area contributed by atoms with Gasteiger partial charge in [-0.3, -0.25) is 4.79 Å². The Balaban J connectivity index is 2.23. The zero-order valence-corrected chi connectivity index (χ0v) is 9.35. The van der Waals surface area contributed by atoms with E-state index in [1.54, 1.807) is 0 Å². The highest BCUT2D eigenvalue weighted by atomic mass is 16.5. The molecule has 0 bridgehead atoms. The lowest BCUT2D eigenvalue weighted by atomic mass is 9.89. The van der Waals surface area contributed by atoms with Crippen molar-refractivity contribution >= 4 is 5.97 Å². The van der Waals surface area contributed by atoms with Crippen LogP contribution < -0.4 is 0 Å². The van der Waals surface area contributed by atoms with Gasteiger partial charge < -0.3 is 9.84 Å². The van der Waals surface area contributed by atoms with E-state index in [2.05, 4.69) is 0 Å². The summed E-state index contributed by atoms with van der Waals surface area (Å²) in [5.41, 5.74) is 2.14. The smallest absolute Gasteiger partial charge is 0.309 e. The minimum atomic E-state index is -0.759. The van der Waals surface area contributed by atoms with Gasteiger partial charge in [0.25, 0.3) is 0 Å². The highest BCUT2D eigenvalue weighted by Gasteiger charge is 2.32. The van der Waals surface area contributed by atoms with Crippen LogP contribution in [0.2, 0.25) is 0 Å². The largest absolute Gasteiger partial charge is 0.481 e. The lowest BCUT2D eigenvalue weighted by Gasteiger charge is -2.29. The first-order valence-corrected chi connectivity index (χ1v) is 5.59. The highest BCUT2D eigenvalue weighted by molar-refractivity contribution is 5.71. The van der Waals surface area contributed by atoms with Gasteiger partial charge in [-0.2, -0.15) is 0 Å². The van der Waals surface area contributed by atoms with Crippen LogP contribution in [-0.4, -0.2) is 17.7 Å². The fourth-order valence-corrected chi connectivity index (χ4v) is 2.12. The molecule has 1 aromatic rings. The fourth-order valence-electron chi connectivity index (χ4n) is 2.12. The Kier molecular flexibility index (Phi) is 3.25. The first-order valence-electron chi connectivity index (χ1n) is 5.59. The molecule has 0 aromatic heterocycles. The third-order valence-corrected chi connectivity index (χ3v) is 3.05. The Morgan fingerprint density at radius 3 is 2.69 bits per heavy atom. The lowest BCUT2D eigenvalue weighted by Crippen LogP contribution is -2.28. The molecule has 1 saturated heterocycles. The monoisotopic (exact) mass is 220 g/mol. The Morgan fingerprint density at radius 2 is 2.06 bits per heavy atom. The van der Waals surface area contributed by atoms with Crippen LogP contribution in [0.25, 0.3) is 0 Å². The van der Waals surface area contributed by atoms with Gasteiger partial charge in [0.15, 0.2) is 0 Å². The van der Waals surface area contributed by atoms with Gasteiger partial charge in [0.05, 0.1) is 12.0 Å². The number of ether oxygens (including phenoxy) is 1. The third kappa shape index (κ3) is 2.25. The van der Waals surface area contributed by atoms with Crippen molar-refractivity contribution in [3.05, 3.63) is 35.4 Å². The maximum Gasteiger partial charge on any atom is 0.309 e. The molecule has 0 radical (unpaired) electrons. The first-order chi connectivity index (χ1) is 7.68. The summed E-state index contributed by atoms with van der Waals surface area (Å²) in [4.78, 5) is 11.1. The van der Waals surface area contributed by atoms with Crippen molar-refractivity contribution in [3.8, 4) is 0 Å². The summed E-state index contributed by atoms with van der Waals surface area (Å²) in [5.74, 6) is -1.17. The normalized spacial score (nSPS) is 25.3. The van der Waals surface area contributed by atoms with Gasteiger partial charge in [0.2, 0.25) is 0 Å². The molecule has 86 valence electrons. The van der Waals surface area contributed by atoms with Gasteiger partial charge in [-0.1, -0.05) is 29.8 Å². The molecule has 1 N–H and O–H groups in total. The summed E-state index contributed by atoms with van der Waals surface area (Å²) in [6.45, 7) is 2.67. The van der Waals surface area contributed by atoms with E-state index in [0.29, 0.717) is 13.0 Å². The molecule has 3 heteroatoms. The number of aliphatic carboxylic acids is 1. The third-order valence-electron chi connectivity index (χ3n) is 3.05. The van der Waals surface area contributed by atoms with Gasteiger partial charge in [-0.15, -0.1) is 0 Å². The van der Waals surface area contributed by atoms with Crippen molar-refractivity contribution in [2.75, 3.05) is 6.61 Å². The Morgan fingerprint density at radius 1 is 1.38 bits per heavy atom. The van der Waals surface area contributed by atoms with E-state index < -0.39 is 11.9 Å². The molecule has 16 heavy (non-hydrogen) atoms. The minimum absolute atomic E-state index is 0.285. The van der Waals surface area contributed by atoms with Crippen molar-refractivity contribution in [1.82, 2.24) is 0 Å². The number of benzene rings is 1. The van der Waals surface area contributed by atoms with E-state index in [1.165, 1.54) is 5.56 Å². The van der Waals surface area contributed by atoms with Crippen molar-refractivity contribution in [3.63, 3.8) is 0 Å². The highest BCUT2D eigenvalue weighted by Crippen LogP contribution is 2.33. The van der Waals surface area contributed by atoms with Gasteiger partial charge in [-0.25, -0.2) is 0 Å². The van der Waals surface area contributed by atoms with Crippen LogP contribution in [0.3, 0.4) is 0 Å². The predicted octanol–water partition coefficient (Wildman–Crippen LogP) is 2.55. The Hall–Kier alpha value is -1.35. The van der Waals surface area contributed by atoms with Crippen LogP contribution >= 0.6 is 0 Å². The molecule has 1 aliphatic rings. The Bertz CT molecular complexity index is 369. The molecule has 1 aromatic carbocycles. The molecular formula is C13H16O3. The zero-order valence-electron chi connectivity index (χ0n) is 9.35. The van der Waals surface area contributed by atoms with E-state index in [4.69, 9.17) is 9.84 Å². The minimum Gasteiger partial charge on any atom is -0.481 e. The molecule has 0 amide bonds. The van der Waals surface area contributed by atoms with Crippen molar-refractivity contribution in [2.24, 2.45) is 5.92 Å². The Labute approximate surface area is 95.0 Å².